The number of primary amides is 1. The van der Waals surface area contributed by atoms with E-state index in [-0.39, 0.29) is 44.2 Å². The number of aryl methyl sites for hydroxylation is 1. The van der Waals surface area contributed by atoms with Crippen LogP contribution in [0.2, 0.25) is 0 Å². The third-order valence-corrected chi connectivity index (χ3v) is 13.1. The van der Waals surface area contributed by atoms with Gasteiger partial charge in [-0.1, -0.05) is 67.2 Å². The summed E-state index contributed by atoms with van der Waals surface area (Å²) in [5.41, 5.74) is 32.4. The summed E-state index contributed by atoms with van der Waals surface area (Å²) in [5, 5.41) is 3.45. The number of benzene rings is 1. The van der Waals surface area contributed by atoms with Crippen molar-refractivity contribution in [2.24, 2.45) is 16.6 Å². The van der Waals surface area contributed by atoms with Crippen molar-refractivity contribution in [2.75, 3.05) is 20.0 Å². The topological polar surface area (TPSA) is 287 Å². The SMILES string of the molecule is C.CP(C)C.NC(=O)C1=CCc2ncccc21.NCc1coc(C2=CCc3ncccc32)n1.O=C(CCc1coc(C2=CCc3ncccc32)n1)c1cccn(Cc2ccc(F)c(F)c2)c1=O.[N-]=[N+]=NCc1coc(C2=CCc3ncccc32)n1. The predicted octanol–water partition coefficient (Wildman–Crippen LogP) is 11.2. The zero-order valence-electron chi connectivity index (χ0n) is 46.0. The molecule has 1 amide bonds. The lowest BCUT2D eigenvalue weighted by Gasteiger charge is -2.08. The van der Waals surface area contributed by atoms with Crippen LogP contribution >= 0.6 is 7.92 Å². The number of aromatic nitrogens is 8. The van der Waals surface area contributed by atoms with Crippen LogP contribution < -0.4 is 17.0 Å². The summed E-state index contributed by atoms with van der Waals surface area (Å²) in [7, 11) is 0.380. The number of ketones is 1. The zero-order chi connectivity index (χ0) is 59.1. The lowest BCUT2D eigenvalue weighted by Crippen LogP contribution is -2.26. The molecule has 13 rings (SSSR count). The Morgan fingerprint density at radius 1 is 0.659 bits per heavy atom. The Morgan fingerprint density at radius 2 is 1.13 bits per heavy atom. The smallest absolute Gasteiger partial charge is 0.261 e. The summed E-state index contributed by atoms with van der Waals surface area (Å²) < 4.78 is 44.4. The Balaban J connectivity index is 0.000000155. The van der Waals surface area contributed by atoms with E-state index in [1.165, 1.54) is 35.4 Å². The van der Waals surface area contributed by atoms with Gasteiger partial charge in [-0.2, -0.15) is 0 Å². The molecule has 0 fully saturated rings. The number of fused-ring (bicyclic) bond motifs is 4. The first-order chi connectivity index (χ1) is 40.8. The van der Waals surface area contributed by atoms with E-state index in [2.05, 4.69) is 71.0 Å². The molecule has 0 spiro atoms. The number of rotatable bonds is 13. The molecule has 4 N–H and O–H groups in total. The van der Waals surface area contributed by atoms with Gasteiger partial charge < -0.3 is 29.3 Å². The van der Waals surface area contributed by atoms with Gasteiger partial charge in [-0.3, -0.25) is 34.3 Å². The minimum atomic E-state index is -0.988. The molecule has 8 heterocycles. The first-order valence-corrected chi connectivity index (χ1v) is 29.2. The number of halogens is 2. The highest BCUT2D eigenvalue weighted by Crippen LogP contribution is 2.34. The summed E-state index contributed by atoms with van der Waals surface area (Å²) in [6.45, 7) is 7.32. The normalized spacial score (nSPS) is 12.6. The highest BCUT2D eigenvalue weighted by molar-refractivity contribution is 7.55. The number of carbonyl (C=O) groups is 2. The predicted molar refractivity (Wildman–Crippen MR) is 321 cm³/mol. The van der Waals surface area contributed by atoms with Crippen LogP contribution in [-0.2, 0) is 56.5 Å². The lowest BCUT2D eigenvalue weighted by atomic mass is 10.1. The molecule has 0 unspecified atom stereocenters. The minimum absolute atomic E-state index is 0. The van der Waals surface area contributed by atoms with E-state index < -0.39 is 17.2 Å². The highest BCUT2D eigenvalue weighted by atomic mass is 31.1. The Hall–Kier alpha value is -9.94. The van der Waals surface area contributed by atoms with Crippen LogP contribution in [0.25, 0.3) is 32.7 Å². The van der Waals surface area contributed by atoms with Gasteiger partial charge in [-0.05, 0) is 79.6 Å². The quantitative estimate of drug-likeness (QED) is 0.0357. The molecule has 0 atom stereocenters. The monoisotopic (exact) mass is 1160 g/mol. The Kier molecular flexibility index (Phi) is 20.8. The van der Waals surface area contributed by atoms with Gasteiger partial charge in [-0.15, -0.1) is 7.92 Å². The number of nitrogens with two attached hydrogens (primary N) is 2. The standard InChI is InChI=1S/C26H19F2N3O3.C12H9N5O.C12H11N3O.C9H8N2O.C3H9P.CH4/c27-21-8-5-16(13-22(21)28)14-31-12-2-4-20(26(31)33)24(32)10-6-17-15-34-25(30-17)19-7-9-23-18(19)3-1-11-29-23;13-17-15-6-8-7-18-12(16-8)10-3-4-11-9(10)2-1-5-14-11;13-6-8-7-16-12(15-8)10-3-4-11-9(10)2-1-5-14-11;10-9(12)7-3-4-8-6(7)2-1-5-11-8;1-4(2)3;/h1-5,7-8,11-13,15H,6,9-10,14H2;1-3,5,7H,4,6H2;1-3,5,7H,4,6,13H2;1-3,5H,4H2,(H2,10,12);1-3H3;1H4. The maximum absolute atomic E-state index is 13.5. The summed E-state index contributed by atoms with van der Waals surface area (Å²) in [4.78, 5) is 69.4. The molecule has 4 aliphatic rings. The van der Waals surface area contributed by atoms with Crippen LogP contribution in [0, 0.1) is 11.6 Å². The fourth-order valence-corrected chi connectivity index (χ4v) is 9.22. The number of hydrogen-bond donors (Lipinski definition) is 2. The Morgan fingerprint density at radius 3 is 1.62 bits per heavy atom. The van der Waals surface area contributed by atoms with Crippen LogP contribution in [0.15, 0.2) is 176 Å². The molecule has 0 aliphatic heterocycles. The van der Waals surface area contributed by atoms with E-state index in [9.17, 15) is 23.2 Å². The van der Waals surface area contributed by atoms with Gasteiger partial charge in [0, 0.05) is 126 Å². The number of pyridine rings is 5. The molecule has 1 aromatic carbocycles. The maximum atomic E-state index is 13.5. The summed E-state index contributed by atoms with van der Waals surface area (Å²) in [6, 6.07) is 21.8. The average Bonchev–Trinajstić information content (AvgIpc) is 3.71. The van der Waals surface area contributed by atoms with Crippen LogP contribution in [-0.4, -0.2) is 71.1 Å². The van der Waals surface area contributed by atoms with Gasteiger partial charge in [0.25, 0.3) is 5.56 Å². The van der Waals surface area contributed by atoms with Crippen LogP contribution in [0.4, 0.5) is 8.78 Å². The van der Waals surface area contributed by atoms with Crippen molar-refractivity contribution >= 4 is 41.9 Å². The van der Waals surface area contributed by atoms with Crippen molar-refractivity contribution in [1.29, 1.82) is 0 Å². The van der Waals surface area contributed by atoms with E-state index in [4.69, 9.17) is 30.2 Å². The fourth-order valence-electron chi connectivity index (χ4n) is 9.22. The summed E-state index contributed by atoms with van der Waals surface area (Å²) in [5.74, 6) is -0.996. The molecule has 19 nitrogen and oxygen atoms in total. The van der Waals surface area contributed by atoms with Crippen LogP contribution in [0.1, 0.15) is 110 Å². The van der Waals surface area contributed by atoms with E-state index in [0.29, 0.717) is 73.9 Å². The number of allylic oxidation sites excluding steroid dienone is 4. The molecule has 0 bridgehead atoms. The molecular formula is C63H60F2N13O6P. The lowest BCUT2D eigenvalue weighted by molar-refractivity contribution is -0.112. The number of carbonyl (C=O) groups excluding carboxylic acids is 2. The van der Waals surface area contributed by atoms with E-state index in [1.807, 2.05) is 60.7 Å². The average molecular weight is 1160 g/mol. The zero-order valence-corrected chi connectivity index (χ0v) is 46.9. The highest BCUT2D eigenvalue weighted by Gasteiger charge is 2.24. The number of nitrogens with zero attached hydrogens (tertiary/aromatic N) is 11. The summed E-state index contributed by atoms with van der Waals surface area (Å²) >= 11 is 0. The van der Waals surface area contributed by atoms with Gasteiger partial charge in [0.05, 0.1) is 58.5 Å². The van der Waals surface area contributed by atoms with E-state index in [0.717, 1.165) is 92.4 Å². The second-order valence-electron chi connectivity index (χ2n) is 19.5. The largest absolute Gasteiger partial charge is 0.444 e. The molecule has 432 valence electrons. The van der Waals surface area contributed by atoms with E-state index in [1.54, 1.807) is 43.2 Å². The molecule has 8 aromatic heterocycles. The second-order valence-corrected chi connectivity index (χ2v) is 22.2. The van der Waals surface area contributed by atoms with E-state index >= 15 is 0 Å². The van der Waals surface area contributed by atoms with Gasteiger partial charge >= 0.3 is 0 Å². The molecule has 0 saturated carbocycles. The fraction of sp³-hybridized carbons (Fsp3) is 0.206. The molecule has 85 heavy (non-hydrogen) atoms. The van der Waals surface area contributed by atoms with Crippen molar-refractivity contribution in [3.8, 4) is 0 Å². The van der Waals surface area contributed by atoms with Crippen LogP contribution in [0.5, 0.6) is 0 Å². The Bertz CT molecular complexity index is 4110. The number of oxazole rings is 3. The number of hydrogen-bond acceptors (Lipinski definition) is 15. The second kappa shape index (κ2) is 28.8. The Labute approximate surface area is 489 Å². The number of amides is 1. The number of Topliss-reactive ketones (excluding diaryl/α,β-unsaturated/α-hetero) is 1. The van der Waals surface area contributed by atoms with Crippen molar-refractivity contribution in [1.82, 2.24) is 39.5 Å². The van der Waals surface area contributed by atoms with Crippen molar-refractivity contribution in [3.63, 3.8) is 0 Å². The van der Waals surface area contributed by atoms with Crippen molar-refractivity contribution in [3.05, 3.63) is 276 Å². The first-order valence-electron chi connectivity index (χ1n) is 26.5. The molecule has 22 heteroatoms. The number of azide groups is 1. The van der Waals surface area contributed by atoms with Gasteiger partial charge in [0.2, 0.25) is 23.6 Å². The third kappa shape index (κ3) is 15.2. The first kappa shape index (κ1) is 61.1. The van der Waals surface area contributed by atoms with Crippen LogP contribution in [0.3, 0.4) is 0 Å². The molecule has 4 aliphatic carbocycles. The maximum Gasteiger partial charge on any atom is 0.261 e. The van der Waals surface area contributed by atoms with Gasteiger partial charge in [-0.25, -0.2) is 23.7 Å². The molecule has 0 saturated heterocycles. The minimum Gasteiger partial charge on any atom is -0.444 e. The van der Waals surface area contributed by atoms with Crippen molar-refractivity contribution < 1.29 is 31.6 Å². The summed E-state index contributed by atoms with van der Waals surface area (Å²) in [6.07, 6.45) is 24.6. The molecule has 9 aromatic rings. The van der Waals surface area contributed by atoms with Gasteiger partial charge in [0.15, 0.2) is 17.4 Å². The van der Waals surface area contributed by atoms with Crippen molar-refractivity contribution in [2.45, 2.75) is 65.6 Å². The van der Waals surface area contributed by atoms with Gasteiger partial charge in [0.1, 0.15) is 18.8 Å². The third-order valence-electron chi connectivity index (χ3n) is 13.1. The molecule has 0 radical (unpaired) electrons. The molecular weight excluding hydrogens is 1100 g/mol.